The topological polar surface area (TPSA) is 17.1 Å². The summed E-state index contributed by atoms with van der Waals surface area (Å²) >= 11 is 1.89. The molecule has 1 nitrogen and oxygen atoms in total. The summed E-state index contributed by atoms with van der Waals surface area (Å²) in [4.78, 5) is 12.8. The number of carbonyl (C=O) groups excluding carboxylic acids is 1. The monoisotopic (exact) mass is 400 g/mol. The number of aldehydes is 1. The van der Waals surface area contributed by atoms with Crippen molar-refractivity contribution in [1.82, 2.24) is 0 Å². The molecule has 0 fully saturated rings. The van der Waals surface area contributed by atoms with Gasteiger partial charge >= 0.3 is 0 Å². The van der Waals surface area contributed by atoms with Gasteiger partial charge in [-0.15, -0.1) is 11.8 Å². The van der Waals surface area contributed by atoms with E-state index in [1.807, 2.05) is 23.9 Å². The van der Waals surface area contributed by atoms with Crippen LogP contribution in [0.5, 0.6) is 0 Å². The maximum absolute atomic E-state index is 13.3. The van der Waals surface area contributed by atoms with Crippen molar-refractivity contribution in [2.24, 2.45) is 0 Å². The smallest absolute Gasteiger partial charge is 0.123 e. The van der Waals surface area contributed by atoms with Gasteiger partial charge in [-0.25, -0.2) is 4.39 Å². The summed E-state index contributed by atoms with van der Waals surface area (Å²) in [7, 11) is 0. The highest BCUT2D eigenvalue weighted by molar-refractivity contribution is 8.00. The van der Waals surface area contributed by atoms with E-state index in [1.165, 1.54) is 28.2 Å². The van der Waals surface area contributed by atoms with E-state index in [0.29, 0.717) is 6.42 Å². The molecule has 3 heteroatoms. The Morgan fingerprint density at radius 3 is 2.21 bits per heavy atom. The van der Waals surface area contributed by atoms with Crippen molar-refractivity contribution in [3.05, 3.63) is 65.0 Å². The van der Waals surface area contributed by atoms with Crippen LogP contribution in [0.25, 0.3) is 0 Å². The number of aryl methyl sites for hydroxylation is 1. The molecule has 0 N–H and O–H groups in total. The zero-order chi connectivity index (χ0) is 20.4. The largest absolute Gasteiger partial charge is 0.303 e. The van der Waals surface area contributed by atoms with Crippen LogP contribution in [0.2, 0.25) is 0 Å². The van der Waals surface area contributed by atoms with Crippen LogP contribution >= 0.6 is 11.8 Å². The summed E-state index contributed by atoms with van der Waals surface area (Å²) in [6.07, 6.45) is 9.19. The Hall–Kier alpha value is -1.61. The summed E-state index contributed by atoms with van der Waals surface area (Å²) in [6, 6.07) is 13.4. The minimum Gasteiger partial charge on any atom is -0.303 e. The standard InChI is InChI=1S/C25H33FOS/c1-4-6-14-25(16-17-27,15-7-5-2)28-24-13-8-20(3)18-22(24)19-21-9-11-23(26)12-10-21/h8-13,17-18H,4-7,14-16,19H2,1-3H3. The van der Waals surface area contributed by atoms with E-state index < -0.39 is 0 Å². The molecule has 0 radical (unpaired) electrons. The normalized spacial score (nSPS) is 11.6. The van der Waals surface area contributed by atoms with Crippen LogP contribution in [0.4, 0.5) is 4.39 Å². The second-order valence-corrected chi connectivity index (χ2v) is 9.29. The van der Waals surface area contributed by atoms with E-state index >= 15 is 0 Å². The van der Waals surface area contributed by atoms with Gasteiger partial charge in [0.2, 0.25) is 0 Å². The Labute approximate surface area is 174 Å². The molecular weight excluding hydrogens is 367 g/mol. The molecular formula is C25H33FOS. The number of unbranched alkanes of at least 4 members (excludes halogenated alkanes) is 2. The molecule has 28 heavy (non-hydrogen) atoms. The summed E-state index contributed by atoms with van der Waals surface area (Å²) in [6.45, 7) is 6.53. The molecule has 2 aromatic rings. The van der Waals surface area contributed by atoms with E-state index in [0.717, 1.165) is 56.8 Å². The molecule has 2 aromatic carbocycles. The first-order chi connectivity index (χ1) is 13.5. The van der Waals surface area contributed by atoms with E-state index in [-0.39, 0.29) is 10.6 Å². The Morgan fingerprint density at radius 1 is 1.00 bits per heavy atom. The van der Waals surface area contributed by atoms with E-state index in [2.05, 4.69) is 39.0 Å². The van der Waals surface area contributed by atoms with Crippen LogP contribution in [0.15, 0.2) is 47.4 Å². The molecule has 0 aliphatic heterocycles. The number of halogens is 1. The minimum atomic E-state index is -0.202. The van der Waals surface area contributed by atoms with Crippen molar-refractivity contribution in [3.8, 4) is 0 Å². The van der Waals surface area contributed by atoms with Gasteiger partial charge in [0.05, 0.1) is 0 Å². The summed E-state index contributed by atoms with van der Waals surface area (Å²) < 4.78 is 13.2. The lowest BCUT2D eigenvalue weighted by molar-refractivity contribution is -0.108. The second-order valence-electron chi connectivity index (χ2n) is 7.78. The summed E-state index contributed by atoms with van der Waals surface area (Å²) in [5, 5.41) is 0. The zero-order valence-corrected chi connectivity index (χ0v) is 18.3. The van der Waals surface area contributed by atoms with Crippen LogP contribution in [0.3, 0.4) is 0 Å². The average Bonchev–Trinajstić information content (AvgIpc) is 2.69. The third-order valence-corrected chi connectivity index (χ3v) is 6.90. The van der Waals surface area contributed by atoms with Gasteiger partial charge in [-0.3, -0.25) is 0 Å². The maximum Gasteiger partial charge on any atom is 0.123 e. The third-order valence-electron chi connectivity index (χ3n) is 5.28. The number of carbonyl (C=O) groups is 1. The van der Waals surface area contributed by atoms with Gasteiger partial charge in [0.25, 0.3) is 0 Å². The average molecular weight is 401 g/mol. The van der Waals surface area contributed by atoms with Crippen molar-refractivity contribution in [3.63, 3.8) is 0 Å². The molecule has 0 aliphatic carbocycles. The fourth-order valence-electron chi connectivity index (χ4n) is 3.62. The summed E-state index contributed by atoms with van der Waals surface area (Å²) in [5.41, 5.74) is 3.60. The maximum atomic E-state index is 13.3. The van der Waals surface area contributed by atoms with E-state index in [9.17, 15) is 9.18 Å². The Morgan fingerprint density at radius 2 is 1.64 bits per heavy atom. The van der Waals surface area contributed by atoms with Gasteiger partial charge in [-0.1, -0.05) is 69.4 Å². The Balaban J connectivity index is 2.33. The SMILES string of the molecule is CCCCC(CC=O)(CCCC)Sc1ccc(C)cc1Cc1ccc(F)cc1. The molecule has 0 aliphatic rings. The van der Waals surface area contributed by atoms with Gasteiger partial charge in [-0.05, 0) is 55.5 Å². The first-order valence-corrected chi connectivity index (χ1v) is 11.3. The lowest BCUT2D eigenvalue weighted by Gasteiger charge is -2.33. The molecule has 0 unspecified atom stereocenters. The van der Waals surface area contributed by atoms with Crippen LogP contribution in [-0.2, 0) is 11.2 Å². The van der Waals surface area contributed by atoms with Crippen LogP contribution in [-0.4, -0.2) is 11.0 Å². The fraction of sp³-hybridized carbons (Fsp3) is 0.480. The molecule has 0 bridgehead atoms. The van der Waals surface area contributed by atoms with Gasteiger partial charge in [0.15, 0.2) is 0 Å². The highest BCUT2D eigenvalue weighted by Gasteiger charge is 2.30. The number of hydrogen-bond acceptors (Lipinski definition) is 2. The molecule has 152 valence electrons. The summed E-state index contributed by atoms with van der Waals surface area (Å²) in [5.74, 6) is -0.202. The van der Waals surface area contributed by atoms with Gasteiger partial charge < -0.3 is 4.79 Å². The molecule has 0 spiro atoms. The molecule has 0 atom stereocenters. The minimum absolute atomic E-state index is 0.0272. The van der Waals surface area contributed by atoms with Crippen molar-refractivity contribution in [2.75, 3.05) is 0 Å². The van der Waals surface area contributed by atoms with Crippen LogP contribution < -0.4 is 0 Å². The predicted octanol–water partition coefficient (Wildman–Crippen LogP) is 7.53. The number of rotatable bonds is 12. The number of thioether (sulfide) groups is 1. The van der Waals surface area contributed by atoms with Gasteiger partial charge in [0, 0.05) is 16.1 Å². The van der Waals surface area contributed by atoms with Gasteiger partial charge in [-0.2, -0.15) is 0 Å². The quantitative estimate of drug-likeness (QED) is 0.271. The molecule has 0 aromatic heterocycles. The Bertz CT molecular complexity index is 731. The highest BCUT2D eigenvalue weighted by Crippen LogP contribution is 2.44. The molecule has 2 rings (SSSR count). The number of benzene rings is 2. The van der Waals surface area contributed by atoms with E-state index in [1.54, 1.807) is 0 Å². The third kappa shape index (κ3) is 6.77. The lowest BCUT2D eigenvalue weighted by Crippen LogP contribution is -2.25. The molecule has 0 saturated carbocycles. The van der Waals surface area contributed by atoms with Gasteiger partial charge in [0.1, 0.15) is 12.1 Å². The van der Waals surface area contributed by atoms with Crippen LogP contribution in [0.1, 0.15) is 75.5 Å². The lowest BCUT2D eigenvalue weighted by atomic mass is 9.92. The molecule has 0 heterocycles. The van der Waals surface area contributed by atoms with Crippen molar-refractivity contribution >= 4 is 18.0 Å². The van der Waals surface area contributed by atoms with Crippen molar-refractivity contribution in [2.45, 2.75) is 81.8 Å². The predicted molar refractivity (Wildman–Crippen MR) is 119 cm³/mol. The fourth-order valence-corrected chi connectivity index (χ4v) is 5.13. The first-order valence-electron chi connectivity index (χ1n) is 10.5. The zero-order valence-electron chi connectivity index (χ0n) is 17.5. The van der Waals surface area contributed by atoms with E-state index in [4.69, 9.17) is 0 Å². The second kappa shape index (κ2) is 11.4. The number of hydrogen-bond donors (Lipinski definition) is 0. The first kappa shape index (κ1) is 22.7. The van der Waals surface area contributed by atoms with Crippen molar-refractivity contribution < 1.29 is 9.18 Å². The highest BCUT2D eigenvalue weighted by atomic mass is 32.2. The molecule has 0 amide bonds. The van der Waals surface area contributed by atoms with Crippen LogP contribution in [0, 0.1) is 12.7 Å². The molecule has 0 saturated heterocycles. The van der Waals surface area contributed by atoms with Crippen molar-refractivity contribution in [1.29, 1.82) is 0 Å². The Kier molecular flexibility index (Phi) is 9.24.